The third-order valence-corrected chi connectivity index (χ3v) is 5.73. The van der Waals surface area contributed by atoms with Gasteiger partial charge < -0.3 is 10.2 Å². The number of likely N-dealkylation sites (tertiary alicyclic amines) is 1. The van der Waals surface area contributed by atoms with Gasteiger partial charge in [-0.05, 0) is 56.0 Å². The minimum Gasteiger partial charge on any atom is -0.352 e. The number of amides is 1. The number of pyridine rings is 2. The monoisotopic (exact) mass is 456 g/mol. The van der Waals surface area contributed by atoms with Crippen molar-refractivity contribution in [3.8, 4) is 0 Å². The van der Waals surface area contributed by atoms with Gasteiger partial charge >= 0.3 is 0 Å². The molecule has 1 saturated heterocycles. The van der Waals surface area contributed by atoms with Crippen molar-refractivity contribution in [3.63, 3.8) is 0 Å². The lowest BCUT2D eigenvalue weighted by Gasteiger charge is -2.31. The lowest BCUT2D eigenvalue weighted by Crippen LogP contribution is -2.39. The standard InChI is InChI=1S/C22H22BrFN4O/c1-13-4-3-9-28(12-13)22(29)17-11-25-21-16(7-5-14(2)26-21)20(17)27-19-8-6-15(23)10-18(19)24/h5-8,10-11,13H,3-4,9,12H2,1-2H3,(H,25,26,27)/t13-/m1/s1. The molecule has 1 fully saturated rings. The molecule has 7 heteroatoms. The van der Waals surface area contributed by atoms with E-state index in [0.29, 0.717) is 38.4 Å². The fourth-order valence-corrected chi connectivity index (χ4v) is 4.07. The quantitative estimate of drug-likeness (QED) is 0.568. The zero-order valence-corrected chi connectivity index (χ0v) is 18.0. The molecule has 1 aliphatic rings. The molecule has 0 aliphatic carbocycles. The van der Waals surface area contributed by atoms with Crippen LogP contribution in [0.15, 0.2) is 41.0 Å². The first-order chi connectivity index (χ1) is 13.9. The lowest BCUT2D eigenvalue weighted by atomic mass is 9.99. The van der Waals surface area contributed by atoms with Gasteiger partial charge in [-0.25, -0.2) is 14.4 Å². The SMILES string of the molecule is Cc1ccc2c(Nc3ccc(Br)cc3F)c(C(=O)N3CCC[C@@H](C)C3)cnc2n1. The molecule has 3 aromatic rings. The average Bonchev–Trinajstić information content (AvgIpc) is 2.69. The van der Waals surface area contributed by atoms with E-state index in [1.54, 1.807) is 18.3 Å². The minimum absolute atomic E-state index is 0.0912. The van der Waals surface area contributed by atoms with Crippen LogP contribution >= 0.6 is 15.9 Å². The maximum atomic E-state index is 14.5. The molecule has 1 amide bonds. The summed E-state index contributed by atoms with van der Waals surface area (Å²) >= 11 is 3.28. The van der Waals surface area contributed by atoms with Crippen molar-refractivity contribution >= 4 is 44.2 Å². The molecule has 5 nitrogen and oxygen atoms in total. The van der Waals surface area contributed by atoms with Crippen LogP contribution in [0.2, 0.25) is 0 Å². The number of nitrogens with zero attached hydrogens (tertiary/aromatic N) is 3. The van der Waals surface area contributed by atoms with Crippen LogP contribution in [-0.2, 0) is 0 Å². The zero-order chi connectivity index (χ0) is 20.5. The molecule has 1 atom stereocenters. The van der Waals surface area contributed by atoms with Crippen molar-refractivity contribution in [3.05, 3.63) is 58.1 Å². The molecule has 1 aliphatic heterocycles. The van der Waals surface area contributed by atoms with Crippen molar-refractivity contribution in [1.29, 1.82) is 0 Å². The Labute approximate surface area is 177 Å². The van der Waals surface area contributed by atoms with Crippen LogP contribution in [0, 0.1) is 18.7 Å². The second-order valence-corrected chi connectivity index (χ2v) is 8.53. The van der Waals surface area contributed by atoms with Gasteiger partial charge in [-0.1, -0.05) is 22.9 Å². The lowest BCUT2D eigenvalue weighted by molar-refractivity contribution is 0.0684. The highest BCUT2D eigenvalue weighted by molar-refractivity contribution is 9.10. The van der Waals surface area contributed by atoms with E-state index >= 15 is 0 Å². The number of aryl methyl sites for hydroxylation is 1. The van der Waals surface area contributed by atoms with Crippen molar-refractivity contribution in [1.82, 2.24) is 14.9 Å². The smallest absolute Gasteiger partial charge is 0.257 e. The maximum absolute atomic E-state index is 14.5. The average molecular weight is 457 g/mol. The highest BCUT2D eigenvalue weighted by Crippen LogP contribution is 2.32. The number of nitrogens with one attached hydrogen (secondary N) is 1. The van der Waals surface area contributed by atoms with Gasteiger partial charge in [0.25, 0.3) is 5.91 Å². The molecule has 0 saturated carbocycles. The molecule has 4 rings (SSSR count). The van der Waals surface area contributed by atoms with E-state index in [1.807, 2.05) is 24.0 Å². The third kappa shape index (κ3) is 4.10. The predicted octanol–water partition coefficient (Wildman–Crippen LogP) is 5.46. The van der Waals surface area contributed by atoms with Gasteiger partial charge in [0.1, 0.15) is 5.82 Å². The Kier molecular flexibility index (Phi) is 5.50. The van der Waals surface area contributed by atoms with Gasteiger partial charge in [0.05, 0.1) is 16.9 Å². The molecule has 0 radical (unpaired) electrons. The first-order valence-corrected chi connectivity index (χ1v) is 10.5. The molecular formula is C22H22BrFN4O. The fraction of sp³-hybridized carbons (Fsp3) is 0.318. The summed E-state index contributed by atoms with van der Waals surface area (Å²) in [4.78, 5) is 24.1. The van der Waals surface area contributed by atoms with Crippen molar-refractivity contribution < 1.29 is 9.18 Å². The van der Waals surface area contributed by atoms with Crippen molar-refractivity contribution in [2.45, 2.75) is 26.7 Å². The summed E-state index contributed by atoms with van der Waals surface area (Å²) in [7, 11) is 0. The number of carbonyl (C=O) groups excluding carboxylic acids is 1. The van der Waals surface area contributed by atoms with Gasteiger partial charge in [-0.3, -0.25) is 4.79 Å². The van der Waals surface area contributed by atoms with Crippen LogP contribution in [0.5, 0.6) is 0 Å². The molecule has 150 valence electrons. The molecule has 0 bridgehead atoms. The van der Waals surface area contributed by atoms with Gasteiger partial charge in [0, 0.05) is 34.8 Å². The summed E-state index contributed by atoms with van der Waals surface area (Å²) in [5, 5.41) is 3.83. The number of fused-ring (bicyclic) bond motifs is 1. The zero-order valence-electron chi connectivity index (χ0n) is 16.4. The summed E-state index contributed by atoms with van der Waals surface area (Å²) in [6, 6.07) is 8.53. The van der Waals surface area contributed by atoms with E-state index in [2.05, 4.69) is 38.1 Å². The fourth-order valence-electron chi connectivity index (χ4n) is 3.74. The number of halogens is 2. The number of rotatable bonds is 3. The first-order valence-electron chi connectivity index (χ1n) is 9.70. The number of anilines is 2. The summed E-state index contributed by atoms with van der Waals surface area (Å²) in [5.41, 5.74) is 2.61. The molecule has 29 heavy (non-hydrogen) atoms. The number of hydrogen-bond donors (Lipinski definition) is 1. The Hall–Kier alpha value is -2.54. The Bertz CT molecular complexity index is 1090. The highest BCUT2D eigenvalue weighted by atomic mass is 79.9. The molecule has 2 aromatic heterocycles. The van der Waals surface area contributed by atoms with Crippen molar-refractivity contribution in [2.75, 3.05) is 18.4 Å². The first kappa shape index (κ1) is 19.8. The number of aromatic nitrogens is 2. The topological polar surface area (TPSA) is 58.1 Å². The largest absolute Gasteiger partial charge is 0.352 e. The summed E-state index contributed by atoms with van der Waals surface area (Å²) in [6.07, 6.45) is 3.66. The van der Waals surface area contributed by atoms with E-state index in [0.717, 1.165) is 31.6 Å². The predicted molar refractivity (Wildman–Crippen MR) is 116 cm³/mol. The number of piperidine rings is 1. The molecule has 1 N–H and O–H groups in total. The molecule has 0 spiro atoms. The normalized spacial score (nSPS) is 16.8. The highest BCUT2D eigenvalue weighted by Gasteiger charge is 2.26. The van der Waals surface area contributed by atoms with E-state index in [4.69, 9.17) is 0 Å². The van der Waals surface area contributed by atoms with Gasteiger partial charge in [0.2, 0.25) is 0 Å². The van der Waals surface area contributed by atoms with Crippen LogP contribution in [0.4, 0.5) is 15.8 Å². The van der Waals surface area contributed by atoms with Crippen LogP contribution < -0.4 is 5.32 Å². The van der Waals surface area contributed by atoms with Crippen molar-refractivity contribution in [2.24, 2.45) is 5.92 Å². The third-order valence-electron chi connectivity index (χ3n) is 5.23. The van der Waals surface area contributed by atoms with E-state index in [-0.39, 0.29) is 5.91 Å². The second-order valence-electron chi connectivity index (χ2n) is 7.62. The van der Waals surface area contributed by atoms with Crippen LogP contribution in [0.1, 0.15) is 35.8 Å². The second kappa shape index (κ2) is 8.06. The van der Waals surface area contributed by atoms with E-state index in [9.17, 15) is 9.18 Å². The number of benzene rings is 1. The molecule has 3 heterocycles. The Morgan fingerprint density at radius 2 is 2.14 bits per heavy atom. The molecule has 0 unspecified atom stereocenters. The summed E-state index contributed by atoms with van der Waals surface area (Å²) < 4.78 is 15.2. The minimum atomic E-state index is -0.408. The Balaban J connectivity index is 1.82. The van der Waals surface area contributed by atoms with E-state index < -0.39 is 5.82 Å². The van der Waals surface area contributed by atoms with Gasteiger partial charge in [-0.2, -0.15) is 0 Å². The van der Waals surface area contributed by atoms with Crippen LogP contribution in [0.25, 0.3) is 11.0 Å². The number of carbonyl (C=O) groups is 1. The number of hydrogen-bond acceptors (Lipinski definition) is 4. The van der Waals surface area contributed by atoms with E-state index in [1.165, 1.54) is 6.07 Å². The van der Waals surface area contributed by atoms with Gasteiger partial charge in [-0.15, -0.1) is 0 Å². The maximum Gasteiger partial charge on any atom is 0.257 e. The van der Waals surface area contributed by atoms with Gasteiger partial charge in [0.15, 0.2) is 5.65 Å². The van der Waals surface area contributed by atoms with Crippen LogP contribution in [0.3, 0.4) is 0 Å². The van der Waals surface area contributed by atoms with Crippen LogP contribution in [-0.4, -0.2) is 33.9 Å². The Morgan fingerprint density at radius 1 is 1.31 bits per heavy atom. The molecule has 1 aromatic carbocycles. The summed E-state index contributed by atoms with van der Waals surface area (Å²) in [6.45, 7) is 5.48. The summed E-state index contributed by atoms with van der Waals surface area (Å²) in [5.74, 6) is -0.0355. The molecular weight excluding hydrogens is 435 g/mol. The Morgan fingerprint density at radius 3 is 2.90 bits per heavy atom.